The molecule has 2 heterocycles. The highest BCUT2D eigenvalue weighted by Gasteiger charge is 2.17. The number of methoxy groups -OCH3 is 1. The van der Waals surface area contributed by atoms with Gasteiger partial charge in [0.25, 0.3) is 0 Å². The van der Waals surface area contributed by atoms with Crippen LogP contribution in [0.4, 0.5) is 4.39 Å². The van der Waals surface area contributed by atoms with E-state index in [2.05, 4.69) is 4.98 Å². The lowest BCUT2D eigenvalue weighted by molar-refractivity contribution is 0.416. The van der Waals surface area contributed by atoms with Crippen LogP contribution in [0, 0.1) is 12.7 Å². The first-order chi connectivity index (χ1) is 10.1. The summed E-state index contributed by atoms with van der Waals surface area (Å²) in [5, 5.41) is 0. The zero-order chi connectivity index (χ0) is 15.0. The number of fused-ring (bicyclic) bond motifs is 1. The van der Waals surface area contributed by atoms with E-state index in [9.17, 15) is 4.39 Å². The van der Waals surface area contributed by atoms with Crippen LogP contribution in [0.25, 0.3) is 16.9 Å². The van der Waals surface area contributed by atoms with Crippen molar-refractivity contribution in [3.63, 3.8) is 0 Å². The topological polar surface area (TPSA) is 52.5 Å². The minimum Gasteiger partial charge on any atom is -0.496 e. The Morgan fingerprint density at radius 1 is 1.29 bits per heavy atom. The molecule has 0 aliphatic heterocycles. The molecule has 2 N–H and O–H groups in total. The zero-order valence-corrected chi connectivity index (χ0v) is 11.9. The molecule has 0 aliphatic carbocycles. The molecular formula is C16H16FN3O. The fourth-order valence-corrected chi connectivity index (χ4v) is 2.49. The number of aromatic nitrogens is 2. The molecule has 0 spiro atoms. The van der Waals surface area contributed by atoms with Crippen molar-refractivity contribution in [3.8, 4) is 17.0 Å². The van der Waals surface area contributed by atoms with Crippen molar-refractivity contribution in [1.82, 2.24) is 9.38 Å². The Kier molecular flexibility index (Phi) is 3.35. The first-order valence-electron chi connectivity index (χ1n) is 6.65. The summed E-state index contributed by atoms with van der Waals surface area (Å²) in [6.07, 6.45) is 1.40. The van der Waals surface area contributed by atoms with Gasteiger partial charge >= 0.3 is 0 Å². The number of aryl methyl sites for hydroxylation is 1. The Hall–Kier alpha value is -2.40. The quantitative estimate of drug-likeness (QED) is 0.805. The van der Waals surface area contributed by atoms with Crippen molar-refractivity contribution in [2.24, 2.45) is 5.73 Å². The number of benzene rings is 1. The summed E-state index contributed by atoms with van der Waals surface area (Å²) in [5.74, 6) is 0.400. The van der Waals surface area contributed by atoms with Gasteiger partial charge in [-0.3, -0.25) is 4.40 Å². The summed E-state index contributed by atoms with van der Waals surface area (Å²) in [6, 6.07) is 8.89. The predicted molar refractivity (Wildman–Crippen MR) is 79.8 cm³/mol. The van der Waals surface area contributed by atoms with Crippen LogP contribution in [0.5, 0.6) is 5.75 Å². The molecule has 0 saturated heterocycles. The van der Waals surface area contributed by atoms with Crippen molar-refractivity contribution in [2.75, 3.05) is 7.11 Å². The number of hydrogen-bond acceptors (Lipinski definition) is 3. The number of nitrogens with zero attached hydrogens (tertiary/aromatic N) is 2. The van der Waals surface area contributed by atoms with Gasteiger partial charge in [-0.1, -0.05) is 11.6 Å². The van der Waals surface area contributed by atoms with Crippen LogP contribution in [0.1, 0.15) is 11.3 Å². The maximum absolute atomic E-state index is 13.5. The van der Waals surface area contributed by atoms with E-state index >= 15 is 0 Å². The summed E-state index contributed by atoms with van der Waals surface area (Å²) in [4.78, 5) is 4.58. The van der Waals surface area contributed by atoms with Crippen LogP contribution in [0.3, 0.4) is 0 Å². The number of hydrogen-bond donors (Lipinski definition) is 1. The smallest absolute Gasteiger partial charge is 0.139 e. The molecule has 5 heteroatoms. The summed E-state index contributed by atoms with van der Waals surface area (Å²) >= 11 is 0. The van der Waals surface area contributed by atoms with Crippen molar-refractivity contribution in [1.29, 1.82) is 0 Å². The van der Waals surface area contributed by atoms with E-state index in [4.69, 9.17) is 10.5 Å². The third-order valence-corrected chi connectivity index (χ3v) is 3.48. The van der Waals surface area contributed by atoms with Gasteiger partial charge in [0.2, 0.25) is 0 Å². The molecule has 0 aliphatic rings. The normalized spacial score (nSPS) is 11.0. The van der Waals surface area contributed by atoms with Gasteiger partial charge < -0.3 is 10.5 Å². The van der Waals surface area contributed by atoms with Gasteiger partial charge in [0.05, 0.1) is 18.5 Å². The Balaban J connectivity index is 2.32. The van der Waals surface area contributed by atoms with Crippen molar-refractivity contribution in [3.05, 3.63) is 53.6 Å². The first kappa shape index (κ1) is 13.6. The van der Waals surface area contributed by atoms with Crippen molar-refractivity contribution < 1.29 is 9.13 Å². The highest BCUT2D eigenvalue weighted by molar-refractivity contribution is 5.73. The summed E-state index contributed by atoms with van der Waals surface area (Å²) < 4.78 is 20.6. The molecule has 1 aromatic carbocycles. The highest BCUT2D eigenvalue weighted by atomic mass is 19.1. The zero-order valence-electron chi connectivity index (χ0n) is 11.9. The Bertz CT molecular complexity index is 811. The summed E-state index contributed by atoms with van der Waals surface area (Å²) in [5.41, 5.74) is 9.96. The number of imidazole rings is 1. The molecule has 4 nitrogen and oxygen atoms in total. The molecule has 0 radical (unpaired) electrons. The van der Waals surface area contributed by atoms with Crippen LogP contribution in [0.15, 0.2) is 36.5 Å². The lowest BCUT2D eigenvalue weighted by atomic mass is 10.1. The van der Waals surface area contributed by atoms with Gasteiger partial charge in [-0.15, -0.1) is 0 Å². The monoisotopic (exact) mass is 285 g/mol. The Morgan fingerprint density at radius 2 is 2.10 bits per heavy atom. The van der Waals surface area contributed by atoms with E-state index in [1.54, 1.807) is 17.6 Å². The second-order valence-corrected chi connectivity index (χ2v) is 4.89. The lowest BCUT2D eigenvalue weighted by Crippen LogP contribution is -2.03. The molecule has 108 valence electrons. The van der Waals surface area contributed by atoms with Gasteiger partial charge in [0.1, 0.15) is 17.2 Å². The molecule has 3 aromatic rings. The number of ether oxygens (including phenoxy) is 1. The standard InChI is InChI=1S/C16H16FN3O/c1-10-3-5-14(21-2)12(7-10)16-13(8-18)20-9-11(17)4-6-15(20)19-16/h3-7,9H,8,18H2,1-2H3. The van der Waals surface area contributed by atoms with E-state index in [1.807, 2.05) is 25.1 Å². The van der Waals surface area contributed by atoms with Crippen molar-refractivity contribution in [2.45, 2.75) is 13.5 Å². The molecular weight excluding hydrogens is 269 g/mol. The van der Waals surface area contributed by atoms with Gasteiger partial charge in [-0.05, 0) is 31.2 Å². The fraction of sp³-hybridized carbons (Fsp3) is 0.188. The van der Waals surface area contributed by atoms with Crippen LogP contribution in [-0.4, -0.2) is 16.5 Å². The van der Waals surface area contributed by atoms with Crippen LogP contribution < -0.4 is 10.5 Å². The van der Waals surface area contributed by atoms with E-state index in [-0.39, 0.29) is 12.4 Å². The Morgan fingerprint density at radius 3 is 2.81 bits per heavy atom. The third-order valence-electron chi connectivity index (χ3n) is 3.48. The average molecular weight is 285 g/mol. The SMILES string of the molecule is COc1ccc(C)cc1-c1nc2ccc(F)cn2c1CN. The van der Waals surface area contributed by atoms with E-state index in [0.29, 0.717) is 5.65 Å². The van der Waals surface area contributed by atoms with Crippen LogP contribution in [0.2, 0.25) is 0 Å². The number of halogens is 1. The first-order valence-corrected chi connectivity index (χ1v) is 6.65. The average Bonchev–Trinajstić information content (AvgIpc) is 2.84. The predicted octanol–water partition coefficient (Wildman–Crippen LogP) is 2.92. The van der Waals surface area contributed by atoms with E-state index < -0.39 is 0 Å². The van der Waals surface area contributed by atoms with Gasteiger partial charge in [0.15, 0.2) is 0 Å². The maximum atomic E-state index is 13.5. The molecule has 21 heavy (non-hydrogen) atoms. The lowest BCUT2D eigenvalue weighted by Gasteiger charge is -2.09. The molecule has 0 saturated carbocycles. The minimum atomic E-state index is -0.322. The molecule has 2 aromatic heterocycles. The fourth-order valence-electron chi connectivity index (χ4n) is 2.49. The van der Waals surface area contributed by atoms with Crippen molar-refractivity contribution >= 4 is 5.65 Å². The van der Waals surface area contributed by atoms with E-state index in [1.165, 1.54) is 12.3 Å². The van der Waals surface area contributed by atoms with Gasteiger partial charge in [0, 0.05) is 18.3 Å². The van der Waals surface area contributed by atoms with Crippen LogP contribution in [-0.2, 0) is 6.54 Å². The van der Waals surface area contributed by atoms with Gasteiger partial charge in [-0.2, -0.15) is 0 Å². The second-order valence-electron chi connectivity index (χ2n) is 4.89. The summed E-state index contributed by atoms with van der Waals surface area (Å²) in [7, 11) is 1.62. The Labute approximate surface area is 122 Å². The second kappa shape index (κ2) is 5.18. The minimum absolute atomic E-state index is 0.261. The highest BCUT2D eigenvalue weighted by Crippen LogP contribution is 2.33. The van der Waals surface area contributed by atoms with Crippen LogP contribution >= 0.6 is 0 Å². The molecule has 0 bridgehead atoms. The molecule has 0 atom stereocenters. The summed E-state index contributed by atoms with van der Waals surface area (Å²) in [6.45, 7) is 2.26. The molecule has 3 rings (SSSR count). The third kappa shape index (κ3) is 2.25. The number of rotatable bonds is 3. The van der Waals surface area contributed by atoms with E-state index in [0.717, 1.165) is 28.3 Å². The maximum Gasteiger partial charge on any atom is 0.139 e. The number of nitrogens with two attached hydrogens (primary N) is 1. The molecule has 0 fully saturated rings. The molecule has 0 unspecified atom stereocenters. The number of pyridine rings is 1. The largest absolute Gasteiger partial charge is 0.496 e. The van der Waals surface area contributed by atoms with Gasteiger partial charge in [-0.25, -0.2) is 9.37 Å². The molecule has 0 amide bonds.